The SMILES string of the molecule is Cc1nn(C)c(C)c1CCCN(C)c1ccc(C(=O)O)cc1NC(=O)c1ccc(Cl)cc1. The Morgan fingerprint density at radius 2 is 1.78 bits per heavy atom. The minimum absolute atomic E-state index is 0.107. The number of anilines is 2. The highest BCUT2D eigenvalue weighted by atomic mass is 35.5. The van der Waals surface area contributed by atoms with E-state index in [2.05, 4.69) is 17.3 Å². The summed E-state index contributed by atoms with van der Waals surface area (Å²) < 4.78 is 1.89. The first-order valence-electron chi connectivity index (χ1n) is 10.3. The second-order valence-corrected chi connectivity index (χ2v) is 8.23. The molecule has 3 rings (SSSR count). The van der Waals surface area contributed by atoms with Crippen LogP contribution in [0.5, 0.6) is 0 Å². The number of benzene rings is 2. The van der Waals surface area contributed by atoms with Crippen molar-refractivity contribution in [2.24, 2.45) is 7.05 Å². The van der Waals surface area contributed by atoms with Crippen LogP contribution >= 0.6 is 11.6 Å². The largest absolute Gasteiger partial charge is 0.478 e. The summed E-state index contributed by atoms with van der Waals surface area (Å²) in [5, 5.41) is 17.2. The minimum atomic E-state index is -1.05. The highest BCUT2D eigenvalue weighted by molar-refractivity contribution is 6.30. The monoisotopic (exact) mass is 454 g/mol. The molecule has 0 aliphatic carbocycles. The zero-order chi connectivity index (χ0) is 23.4. The molecule has 3 aromatic rings. The summed E-state index contributed by atoms with van der Waals surface area (Å²) in [7, 11) is 3.87. The van der Waals surface area contributed by atoms with Crippen molar-refractivity contribution in [1.82, 2.24) is 9.78 Å². The van der Waals surface area contributed by atoms with Crippen LogP contribution in [-0.2, 0) is 13.5 Å². The van der Waals surface area contributed by atoms with Gasteiger partial charge in [0.05, 0.1) is 22.6 Å². The molecule has 1 aromatic heterocycles. The fourth-order valence-corrected chi connectivity index (χ4v) is 3.82. The number of carbonyl (C=O) groups is 2. The molecule has 0 saturated carbocycles. The lowest BCUT2D eigenvalue weighted by Crippen LogP contribution is -2.22. The van der Waals surface area contributed by atoms with E-state index in [9.17, 15) is 14.7 Å². The van der Waals surface area contributed by atoms with E-state index >= 15 is 0 Å². The maximum atomic E-state index is 12.7. The molecule has 0 unspecified atom stereocenters. The van der Waals surface area contributed by atoms with Gasteiger partial charge in [-0.3, -0.25) is 9.48 Å². The number of carboxylic acid groups (broad SMARTS) is 1. The summed E-state index contributed by atoms with van der Waals surface area (Å²) in [6.45, 7) is 4.80. The smallest absolute Gasteiger partial charge is 0.335 e. The molecule has 0 aliphatic rings. The van der Waals surface area contributed by atoms with Crippen molar-refractivity contribution in [2.45, 2.75) is 26.7 Å². The average Bonchev–Trinajstić information content (AvgIpc) is 2.99. The summed E-state index contributed by atoms with van der Waals surface area (Å²) in [5.74, 6) is -1.39. The number of nitrogens with zero attached hydrogens (tertiary/aromatic N) is 3. The molecule has 0 atom stereocenters. The summed E-state index contributed by atoms with van der Waals surface area (Å²) in [4.78, 5) is 26.2. The Morgan fingerprint density at radius 1 is 1.12 bits per heavy atom. The Hall–Kier alpha value is -3.32. The molecular weight excluding hydrogens is 428 g/mol. The lowest BCUT2D eigenvalue weighted by atomic mass is 10.1. The van der Waals surface area contributed by atoms with Crippen LogP contribution in [-0.4, -0.2) is 40.4 Å². The van der Waals surface area contributed by atoms with Gasteiger partial charge in [0, 0.05) is 36.9 Å². The number of aryl methyl sites for hydroxylation is 2. The van der Waals surface area contributed by atoms with Gasteiger partial charge in [0.1, 0.15) is 0 Å². The van der Waals surface area contributed by atoms with Gasteiger partial charge in [0.25, 0.3) is 5.91 Å². The van der Waals surface area contributed by atoms with E-state index < -0.39 is 5.97 Å². The quantitative estimate of drug-likeness (QED) is 0.514. The van der Waals surface area contributed by atoms with Crippen LogP contribution in [0.25, 0.3) is 0 Å². The number of amides is 1. The van der Waals surface area contributed by atoms with Gasteiger partial charge in [-0.2, -0.15) is 5.10 Å². The van der Waals surface area contributed by atoms with E-state index in [1.165, 1.54) is 11.6 Å². The van der Waals surface area contributed by atoms with Crippen LogP contribution in [0.15, 0.2) is 42.5 Å². The van der Waals surface area contributed by atoms with Crippen molar-refractivity contribution in [2.75, 3.05) is 23.8 Å². The van der Waals surface area contributed by atoms with Crippen molar-refractivity contribution in [3.63, 3.8) is 0 Å². The Morgan fingerprint density at radius 3 is 2.38 bits per heavy atom. The lowest BCUT2D eigenvalue weighted by molar-refractivity contribution is 0.0696. The highest BCUT2D eigenvalue weighted by Gasteiger charge is 2.16. The van der Waals surface area contributed by atoms with Gasteiger partial charge in [-0.25, -0.2) is 4.79 Å². The normalized spacial score (nSPS) is 10.8. The zero-order valence-electron chi connectivity index (χ0n) is 18.6. The number of aromatic nitrogens is 2. The van der Waals surface area contributed by atoms with Crippen molar-refractivity contribution in [1.29, 1.82) is 0 Å². The number of carboxylic acids is 1. The van der Waals surface area contributed by atoms with Crippen molar-refractivity contribution >= 4 is 34.9 Å². The number of hydrogen-bond acceptors (Lipinski definition) is 4. The first-order valence-corrected chi connectivity index (χ1v) is 10.7. The summed E-state index contributed by atoms with van der Waals surface area (Å²) in [6, 6.07) is 11.3. The Labute approximate surface area is 192 Å². The Balaban J connectivity index is 1.77. The van der Waals surface area contributed by atoms with Crippen LogP contribution in [0.1, 0.15) is 44.1 Å². The van der Waals surface area contributed by atoms with E-state index in [4.69, 9.17) is 11.6 Å². The fourth-order valence-electron chi connectivity index (χ4n) is 3.69. The van der Waals surface area contributed by atoms with Gasteiger partial charge in [-0.1, -0.05) is 11.6 Å². The molecule has 0 radical (unpaired) electrons. The molecule has 168 valence electrons. The summed E-state index contributed by atoms with van der Waals surface area (Å²) >= 11 is 5.90. The molecule has 0 bridgehead atoms. The molecule has 2 N–H and O–H groups in total. The molecular formula is C24H27ClN4O3. The number of aromatic carboxylic acids is 1. The Bertz CT molecular complexity index is 1140. The van der Waals surface area contributed by atoms with Gasteiger partial charge in [0.2, 0.25) is 0 Å². The molecule has 0 spiro atoms. The lowest BCUT2D eigenvalue weighted by Gasteiger charge is -2.23. The number of rotatable bonds is 8. The molecule has 0 aliphatic heterocycles. The van der Waals surface area contributed by atoms with Gasteiger partial charge in [-0.05, 0) is 74.7 Å². The first kappa shape index (κ1) is 23.3. The summed E-state index contributed by atoms with van der Waals surface area (Å²) in [5.41, 5.74) is 5.18. The number of nitrogens with one attached hydrogen (secondary N) is 1. The number of halogens is 1. The second kappa shape index (κ2) is 9.87. The van der Waals surface area contributed by atoms with Crippen molar-refractivity contribution in [3.8, 4) is 0 Å². The van der Waals surface area contributed by atoms with E-state index in [1.807, 2.05) is 30.6 Å². The third-order valence-electron chi connectivity index (χ3n) is 5.59. The third-order valence-corrected chi connectivity index (χ3v) is 5.84. The fraction of sp³-hybridized carbons (Fsp3) is 0.292. The molecule has 1 heterocycles. The van der Waals surface area contributed by atoms with Crippen LogP contribution < -0.4 is 10.2 Å². The highest BCUT2D eigenvalue weighted by Crippen LogP contribution is 2.28. The van der Waals surface area contributed by atoms with Gasteiger partial charge < -0.3 is 15.3 Å². The maximum absolute atomic E-state index is 12.7. The van der Waals surface area contributed by atoms with Crippen LogP contribution in [0.2, 0.25) is 5.02 Å². The first-order chi connectivity index (χ1) is 15.2. The van der Waals surface area contributed by atoms with E-state index in [1.54, 1.807) is 36.4 Å². The minimum Gasteiger partial charge on any atom is -0.478 e. The average molecular weight is 455 g/mol. The molecule has 7 nitrogen and oxygen atoms in total. The van der Waals surface area contributed by atoms with Gasteiger partial charge in [-0.15, -0.1) is 0 Å². The van der Waals surface area contributed by atoms with Crippen LogP contribution in [0.4, 0.5) is 11.4 Å². The molecule has 0 fully saturated rings. The van der Waals surface area contributed by atoms with Crippen LogP contribution in [0, 0.1) is 13.8 Å². The van der Waals surface area contributed by atoms with E-state index in [0.29, 0.717) is 16.3 Å². The summed E-state index contributed by atoms with van der Waals surface area (Å²) in [6.07, 6.45) is 1.77. The topological polar surface area (TPSA) is 87.5 Å². The molecule has 32 heavy (non-hydrogen) atoms. The predicted octanol–water partition coefficient (Wildman–Crippen LogP) is 4.71. The van der Waals surface area contributed by atoms with E-state index in [-0.39, 0.29) is 11.5 Å². The van der Waals surface area contributed by atoms with Crippen molar-refractivity contribution in [3.05, 3.63) is 75.6 Å². The van der Waals surface area contributed by atoms with E-state index in [0.717, 1.165) is 36.5 Å². The molecule has 0 saturated heterocycles. The Kier molecular flexibility index (Phi) is 7.20. The standard InChI is InChI=1S/C24H27ClN4O3/c1-15-20(16(2)29(4)27-15)6-5-13-28(3)22-12-9-18(24(31)32)14-21(22)26-23(30)17-7-10-19(25)11-8-17/h7-12,14H,5-6,13H2,1-4H3,(H,26,30)(H,31,32). The zero-order valence-corrected chi connectivity index (χ0v) is 19.4. The van der Waals surface area contributed by atoms with Gasteiger partial charge in [0.15, 0.2) is 0 Å². The third kappa shape index (κ3) is 5.29. The number of hydrogen-bond donors (Lipinski definition) is 2. The van der Waals surface area contributed by atoms with Crippen molar-refractivity contribution < 1.29 is 14.7 Å². The molecule has 8 heteroatoms. The maximum Gasteiger partial charge on any atom is 0.335 e. The number of carbonyl (C=O) groups excluding carboxylic acids is 1. The second-order valence-electron chi connectivity index (χ2n) is 7.80. The molecule has 2 aromatic carbocycles. The predicted molar refractivity (Wildman–Crippen MR) is 127 cm³/mol. The van der Waals surface area contributed by atoms with Crippen LogP contribution in [0.3, 0.4) is 0 Å². The van der Waals surface area contributed by atoms with Gasteiger partial charge >= 0.3 is 5.97 Å². The molecule has 1 amide bonds.